The molecule has 11 nitrogen and oxygen atoms in total. The molecule has 6 N–H and O–H groups in total. The van der Waals surface area contributed by atoms with Crippen molar-refractivity contribution in [3.8, 4) is 0 Å². The molecule has 19 heavy (non-hydrogen) atoms. The first kappa shape index (κ1) is 18.6. The fourth-order valence-electron chi connectivity index (χ4n) is 1.10. The maximum absolute atomic E-state index is 11.1. The molecule has 0 radical (unpaired) electrons. The van der Waals surface area contributed by atoms with E-state index in [-0.39, 0.29) is 0 Å². The first-order valence-corrected chi connectivity index (χ1v) is 7.48. The van der Waals surface area contributed by atoms with Gasteiger partial charge in [-0.3, -0.25) is 9.11 Å². The van der Waals surface area contributed by atoms with Gasteiger partial charge in [0.15, 0.2) is 0 Å². The number of aliphatic hydroxyl groups excluding tert-OH is 4. The van der Waals surface area contributed by atoms with Crippen molar-refractivity contribution in [2.24, 2.45) is 0 Å². The summed E-state index contributed by atoms with van der Waals surface area (Å²) in [5.74, 6) is 0. The maximum Gasteiger partial charge on any atom is 0.349 e. The van der Waals surface area contributed by atoms with Gasteiger partial charge in [-0.25, -0.2) is 0 Å². The van der Waals surface area contributed by atoms with Gasteiger partial charge in [0.05, 0.1) is 19.8 Å². The van der Waals surface area contributed by atoms with Gasteiger partial charge in [0.1, 0.15) is 12.2 Å². The van der Waals surface area contributed by atoms with Crippen LogP contribution in [0.1, 0.15) is 0 Å². The molecule has 0 rings (SSSR count). The van der Waals surface area contributed by atoms with Gasteiger partial charge in [-0.05, 0) is 0 Å². The summed E-state index contributed by atoms with van der Waals surface area (Å²) in [6.45, 7) is -3.63. The van der Waals surface area contributed by atoms with Crippen LogP contribution in [0.3, 0.4) is 0 Å². The lowest BCUT2D eigenvalue weighted by Gasteiger charge is -2.31. The van der Waals surface area contributed by atoms with Crippen LogP contribution in [0, 0.1) is 0 Å². The van der Waals surface area contributed by atoms with Crippen molar-refractivity contribution < 1.29 is 51.1 Å². The van der Waals surface area contributed by atoms with Crippen LogP contribution in [0.5, 0.6) is 0 Å². The van der Waals surface area contributed by atoms with E-state index >= 15 is 0 Å². The minimum absolute atomic E-state index is 0.956. The van der Waals surface area contributed by atoms with Crippen LogP contribution in [0.4, 0.5) is 0 Å². The zero-order valence-electron chi connectivity index (χ0n) is 9.32. The molecular formula is C6H14O11S2. The lowest BCUT2D eigenvalue weighted by Crippen LogP contribution is -2.59. The molecule has 0 aliphatic rings. The van der Waals surface area contributed by atoms with Gasteiger partial charge in [-0.15, -0.1) is 0 Å². The zero-order valence-corrected chi connectivity index (χ0v) is 11.0. The van der Waals surface area contributed by atoms with Crippen LogP contribution in [-0.2, 0) is 25.0 Å². The van der Waals surface area contributed by atoms with Gasteiger partial charge in [0.25, 0.3) is 0 Å². The Morgan fingerprint density at radius 2 is 1.37 bits per heavy atom. The van der Waals surface area contributed by atoms with Crippen molar-refractivity contribution >= 4 is 20.2 Å². The molecule has 116 valence electrons. The number of hydrogen-bond acceptors (Lipinski definition) is 9. The molecule has 0 aromatic rings. The average molecular weight is 326 g/mol. The van der Waals surface area contributed by atoms with Gasteiger partial charge in [-0.1, -0.05) is 0 Å². The minimum Gasteiger partial charge on any atom is -0.394 e. The van der Waals surface area contributed by atoms with E-state index in [1.165, 1.54) is 0 Å². The average Bonchev–Trinajstić information content (AvgIpc) is 2.25. The van der Waals surface area contributed by atoms with Gasteiger partial charge < -0.3 is 25.2 Å². The van der Waals surface area contributed by atoms with E-state index in [0.29, 0.717) is 0 Å². The summed E-state index contributed by atoms with van der Waals surface area (Å²) in [5, 5.41) is 35.3. The van der Waals surface area contributed by atoms with E-state index in [2.05, 4.69) is 4.74 Å². The highest BCUT2D eigenvalue weighted by Gasteiger charge is 2.62. The predicted octanol–water partition coefficient (Wildman–Crippen LogP) is -3.86. The van der Waals surface area contributed by atoms with Crippen molar-refractivity contribution in [3.05, 3.63) is 0 Å². The molecule has 0 aliphatic carbocycles. The van der Waals surface area contributed by atoms with Gasteiger partial charge in [-0.2, -0.15) is 16.8 Å². The standard InChI is InChI=1S/C6H14O11S2/c7-1-4(9)3-17-6(5(10)2-8,18(11,12)13)19(14,15)16/h4-5,7-10H,1-3H2,(H,11,12,13)(H,14,15,16). The first-order chi connectivity index (χ1) is 8.44. The van der Waals surface area contributed by atoms with E-state index < -0.39 is 56.5 Å². The van der Waals surface area contributed by atoms with Crippen LogP contribution in [0.25, 0.3) is 0 Å². The Labute approximate surface area is 108 Å². The van der Waals surface area contributed by atoms with Crippen molar-refractivity contribution in [1.82, 2.24) is 0 Å². The third-order valence-corrected chi connectivity index (χ3v) is 5.47. The summed E-state index contributed by atoms with van der Waals surface area (Å²) in [6, 6.07) is 0. The van der Waals surface area contributed by atoms with Crippen molar-refractivity contribution in [1.29, 1.82) is 0 Å². The largest absolute Gasteiger partial charge is 0.394 e. The topological polar surface area (TPSA) is 199 Å². The number of rotatable bonds is 8. The Morgan fingerprint density at radius 3 is 1.63 bits per heavy atom. The summed E-state index contributed by atoms with van der Waals surface area (Å²) in [5.41, 5.74) is 0. The monoisotopic (exact) mass is 326 g/mol. The molecule has 0 aromatic carbocycles. The summed E-state index contributed by atoms with van der Waals surface area (Å²) in [7, 11) is -11.5. The van der Waals surface area contributed by atoms with Gasteiger partial charge >= 0.3 is 24.5 Å². The number of ether oxygens (including phenoxy) is 1. The summed E-state index contributed by atoms with van der Waals surface area (Å²) in [4.78, 5) is 0. The lowest BCUT2D eigenvalue weighted by molar-refractivity contribution is -0.0792. The van der Waals surface area contributed by atoms with Crippen LogP contribution in [0.2, 0.25) is 0 Å². The summed E-state index contributed by atoms with van der Waals surface area (Å²) < 4.78 is 62.2. The van der Waals surface area contributed by atoms with Crippen molar-refractivity contribution in [2.75, 3.05) is 19.8 Å². The quantitative estimate of drug-likeness (QED) is 0.238. The van der Waals surface area contributed by atoms with Crippen LogP contribution in [-0.4, -0.2) is 82.7 Å². The van der Waals surface area contributed by atoms with E-state index in [9.17, 15) is 21.9 Å². The second kappa shape index (κ2) is 6.38. The van der Waals surface area contributed by atoms with Crippen molar-refractivity contribution in [3.63, 3.8) is 0 Å². The molecule has 0 saturated heterocycles. The molecule has 0 heterocycles. The normalized spacial score (nSPS) is 17.2. The molecule has 0 saturated carbocycles. The smallest absolute Gasteiger partial charge is 0.349 e. The molecule has 0 aliphatic heterocycles. The van der Waals surface area contributed by atoms with Crippen molar-refractivity contribution in [2.45, 2.75) is 16.5 Å². The molecular weight excluding hydrogens is 312 g/mol. The second-order valence-electron chi connectivity index (χ2n) is 3.40. The highest BCUT2D eigenvalue weighted by atomic mass is 32.3. The Bertz CT molecular complexity index is 447. The minimum atomic E-state index is -5.76. The molecule has 0 amide bonds. The molecule has 2 atom stereocenters. The SMILES string of the molecule is O=S(=O)(O)C(OCC(O)CO)(C(O)CO)S(=O)(=O)O. The zero-order chi connectivity index (χ0) is 15.5. The van der Waals surface area contributed by atoms with Crippen LogP contribution < -0.4 is 0 Å². The Hall–Kier alpha value is -0.380. The molecule has 0 aromatic heterocycles. The molecule has 2 unspecified atom stereocenters. The third kappa shape index (κ3) is 3.80. The Morgan fingerprint density at radius 1 is 0.947 bits per heavy atom. The molecule has 0 bridgehead atoms. The number of hydrogen-bond donors (Lipinski definition) is 6. The van der Waals surface area contributed by atoms with E-state index in [1.807, 2.05) is 0 Å². The van der Waals surface area contributed by atoms with Gasteiger partial charge in [0.2, 0.25) is 0 Å². The van der Waals surface area contributed by atoms with E-state index in [1.54, 1.807) is 0 Å². The first-order valence-electron chi connectivity index (χ1n) is 4.60. The highest BCUT2D eigenvalue weighted by molar-refractivity contribution is 8.05. The Balaban J connectivity index is 5.82. The molecule has 0 spiro atoms. The van der Waals surface area contributed by atoms with E-state index in [0.717, 1.165) is 0 Å². The summed E-state index contributed by atoms with van der Waals surface area (Å²) in [6.07, 6.45) is -4.52. The second-order valence-corrected chi connectivity index (χ2v) is 6.77. The van der Waals surface area contributed by atoms with Crippen LogP contribution in [0.15, 0.2) is 0 Å². The third-order valence-electron chi connectivity index (χ3n) is 1.99. The maximum atomic E-state index is 11.1. The van der Waals surface area contributed by atoms with Gasteiger partial charge in [0, 0.05) is 0 Å². The van der Waals surface area contributed by atoms with Crippen LogP contribution >= 0.6 is 0 Å². The fraction of sp³-hybridized carbons (Fsp3) is 1.00. The summed E-state index contributed by atoms with van der Waals surface area (Å²) >= 11 is 0. The number of aliphatic hydroxyl groups is 4. The van der Waals surface area contributed by atoms with E-state index in [4.69, 9.17) is 24.4 Å². The molecule has 13 heteroatoms. The predicted molar refractivity (Wildman–Crippen MR) is 58.0 cm³/mol. The Kier molecular flexibility index (Phi) is 6.25. The lowest BCUT2D eigenvalue weighted by atomic mass is 10.4. The molecule has 0 fully saturated rings. The highest BCUT2D eigenvalue weighted by Crippen LogP contribution is 2.29. The fourth-order valence-corrected chi connectivity index (χ4v) is 3.43.